The van der Waals surface area contributed by atoms with Crippen molar-refractivity contribution in [3.8, 4) is 6.01 Å². The Kier molecular flexibility index (Phi) is 7.23. The number of ether oxygens (including phenoxy) is 2. The summed E-state index contributed by atoms with van der Waals surface area (Å²) in [5.74, 6) is 1.11. The standard InChI is InChI=1S/C27H37FN6O2/c1-17(2)10-24-30-25-18(3)29-27(36-5)31-26(25)34(24)14-20-7-6-19(11-23(20)28)13-33-16-21-12-22(33)15-32(21)8-9-35-4/h6-7,11,17,21-22H,8-10,12-16H2,1-5H3/t21-,22-/m1/s1. The van der Waals surface area contributed by atoms with Crippen molar-refractivity contribution < 1.29 is 13.9 Å². The van der Waals surface area contributed by atoms with Crippen LogP contribution in [0, 0.1) is 18.7 Å². The Morgan fingerprint density at radius 1 is 1.06 bits per heavy atom. The van der Waals surface area contributed by atoms with Crippen LogP contribution in [0.4, 0.5) is 4.39 Å². The van der Waals surface area contributed by atoms with Gasteiger partial charge in [-0.2, -0.15) is 9.97 Å². The van der Waals surface area contributed by atoms with Gasteiger partial charge in [-0.25, -0.2) is 9.37 Å². The van der Waals surface area contributed by atoms with Gasteiger partial charge in [-0.1, -0.05) is 26.0 Å². The third kappa shape index (κ3) is 4.96. The first kappa shape index (κ1) is 25.0. The van der Waals surface area contributed by atoms with Crippen LogP contribution in [-0.2, 0) is 24.2 Å². The summed E-state index contributed by atoms with van der Waals surface area (Å²) in [6.45, 7) is 11.2. The van der Waals surface area contributed by atoms with E-state index in [0.717, 1.165) is 61.8 Å². The van der Waals surface area contributed by atoms with E-state index in [2.05, 4.69) is 39.7 Å². The Balaban J connectivity index is 1.34. The average Bonchev–Trinajstić information content (AvgIpc) is 3.52. The number of aryl methyl sites for hydroxylation is 1. The van der Waals surface area contributed by atoms with Crippen molar-refractivity contribution in [2.24, 2.45) is 5.92 Å². The number of likely N-dealkylation sites (tertiary alicyclic amines) is 2. The zero-order chi connectivity index (χ0) is 25.4. The van der Waals surface area contributed by atoms with Crippen LogP contribution in [0.3, 0.4) is 0 Å². The summed E-state index contributed by atoms with van der Waals surface area (Å²) in [5, 5.41) is 0. The minimum absolute atomic E-state index is 0.186. The van der Waals surface area contributed by atoms with E-state index < -0.39 is 0 Å². The second-order valence-corrected chi connectivity index (χ2v) is 10.6. The van der Waals surface area contributed by atoms with E-state index >= 15 is 4.39 Å². The summed E-state index contributed by atoms with van der Waals surface area (Å²) in [6, 6.07) is 7.12. The van der Waals surface area contributed by atoms with Crippen LogP contribution < -0.4 is 4.74 Å². The summed E-state index contributed by atoms with van der Waals surface area (Å²) in [5.41, 5.74) is 3.84. The molecule has 1 aromatic carbocycles. The predicted molar refractivity (Wildman–Crippen MR) is 137 cm³/mol. The molecule has 3 aromatic rings. The number of imidazole rings is 1. The largest absolute Gasteiger partial charge is 0.467 e. The molecule has 2 fully saturated rings. The van der Waals surface area contributed by atoms with Gasteiger partial charge in [-0.05, 0) is 30.9 Å². The fourth-order valence-electron chi connectivity index (χ4n) is 5.67. The maximum Gasteiger partial charge on any atom is 0.318 e. The molecule has 0 radical (unpaired) electrons. The first-order valence-corrected chi connectivity index (χ1v) is 12.9. The van der Waals surface area contributed by atoms with Gasteiger partial charge in [0.25, 0.3) is 0 Å². The molecule has 0 spiro atoms. The molecule has 2 aromatic heterocycles. The molecule has 194 valence electrons. The number of fused-ring (bicyclic) bond motifs is 3. The quantitative estimate of drug-likeness (QED) is 0.426. The molecule has 2 aliphatic heterocycles. The second kappa shape index (κ2) is 10.4. The maximum absolute atomic E-state index is 15.4. The third-order valence-electron chi connectivity index (χ3n) is 7.48. The van der Waals surface area contributed by atoms with E-state index in [0.29, 0.717) is 41.8 Å². The van der Waals surface area contributed by atoms with E-state index in [9.17, 15) is 0 Å². The van der Waals surface area contributed by atoms with Crippen LogP contribution in [0.15, 0.2) is 18.2 Å². The highest BCUT2D eigenvalue weighted by Crippen LogP contribution is 2.32. The number of piperazine rings is 1. The number of halogens is 1. The van der Waals surface area contributed by atoms with E-state index in [-0.39, 0.29) is 5.82 Å². The minimum atomic E-state index is -0.186. The lowest BCUT2D eigenvalue weighted by molar-refractivity contribution is 0.0906. The highest BCUT2D eigenvalue weighted by molar-refractivity contribution is 5.74. The predicted octanol–water partition coefficient (Wildman–Crippen LogP) is 3.43. The van der Waals surface area contributed by atoms with Crippen molar-refractivity contribution in [1.82, 2.24) is 29.3 Å². The number of methoxy groups -OCH3 is 2. The molecule has 36 heavy (non-hydrogen) atoms. The van der Waals surface area contributed by atoms with Crippen molar-refractivity contribution >= 4 is 11.2 Å². The molecule has 0 unspecified atom stereocenters. The molecular weight excluding hydrogens is 459 g/mol. The fourth-order valence-corrected chi connectivity index (χ4v) is 5.67. The third-order valence-corrected chi connectivity index (χ3v) is 7.48. The van der Waals surface area contributed by atoms with Crippen LogP contribution in [0.25, 0.3) is 11.2 Å². The number of hydrogen-bond donors (Lipinski definition) is 0. The van der Waals surface area contributed by atoms with Gasteiger partial charge in [0.05, 0.1) is 26.0 Å². The van der Waals surface area contributed by atoms with E-state index in [4.69, 9.17) is 14.5 Å². The van der Waals surface area contributed by atoms with Crippen LogP contribution in [0.1, 0.15) is 42.9 Å². The summed E-state index contributed by atoms with van der Waals surface area (Å²) in [4.78, 5) is 18.8. The Labute approximate surface area is 212 Å². The lowest BCUT2D eigenvalue weighted by Crippen LogP contribution is -2.46. The topological polar surface area (TPSA) is 68.5 Å². The molecule has 2 atom stereocenters. The number of hydrogen-bond acceptors (Lipinski definition) is 7. The van der Waals surface area contributed by atoms with Gasteiger partial charge in [-0.3, -0.25) is 9.80 Å². The van der Waals surface area contributed by atoms with Gasteiger partial charge in [0.2, 0.25) is 0 Å². The van der Waals surface area contributed by atoms with Crippen LogP contribution in [0.2, 0.25) is 0 Å². The van der Waals surface area contributed by atoms with Crippen molar-refractivity contribution in [3.05, 3.63) is 46.7 Å². The fraction of sp³-hybridized carbons (Fsp3) is 0.593. The number of rotatable bonds is 10. The Morgan fingerprint density at radius 3 is 2.50 bits per heavy atom. The first-order valence-electron chi connectivity index (χ1n) is 12.9. The van der Waals surface area contributed by atoms with Crippen molar-refractivity contribution in [2.75, 3.05) is 40.5 Å². The van der Waals surface area contributed by atoms with Crippen molar-refractivity contribution in [2.45, 2.75) is 58.8 Å². The summed E-state index contributed by atoms with van der Waals surface area (Å²) in [7, 11) is 3.31. The summed E-state index contributed by atoms with van der Waals surface area (Å²) >= 11 is 0. The van der Waals surface area contributed by atoms with Crippen molar-refractivity contribution in [1.29, 1.82) is 0 Å². The van der Waals surface area contributed by atoms with E-state index in [1.165, 1.54) is 6.42 Å². The Hall–Kier alpha value is -2.62. The zero-order valence-corrected chi connectivity index (χ0v) is 22.0. The van der Waals surface area contributed by atoms with Crippen LogP contribution in [-0.4, -0.2) is 81.9 Å². The molecule has 4 heterocycles. The molecule has 9 heteroatoms. The molecule has 0 aliphatic carbocycles. The van der Waals surface area contributed by atoms with E-state index in [1.54, 1.807) is 20.3 Å². The molecule has 0 N–H and O–H groups in total. The monoisotopic (exact) mass is 496 g/mol. The van der Waals surface area contributed by atoms with E-state index in [1.807, 2.05) is 17.6 Å². The number of benzene rings is 1. The molecule has 0 amide bonds. The van der Waals surface area contributed by atoms with Gasteiger partial charge in [0, 0.05) is 57.4 Å². The van der Waals surface area contributed by atoms with Crippen molar-refractivity contribution in [3.63, 3.8) is 0 Å². The van der Waals surface area contributed by atoms with Gasteiger partial charge >= 0.3 is 6.01 Å². The normalized spacial score (nSPS) is 20.3. The highest BCUT2D eigenvalue weighted by atomic mass is 19.1. The second-order valence-electron chi connectivity index (χ2n) is 10.6. The average molecular weight is 497 g/mol. The van der Waals surface area contributed by atoms with Crippen LogP contribution in [0.5, 0.6) is 6.01 Å². The number of nitrogens with zero attached hydrogens (tertiary/aromatic N) is 6. The Bertz CT molecular complexity index is 1230. The minimum Gasteiger partial charge on any atom is -0.467 e. The Morgan fingerprint density at radius 2 is 1.83 bits per heavy atom. The van der Waals surface area contributed by atoms with Gasteiger partial charge in [0.1, 0.15) is 17.2 Å². The molecular formula is C27H37FN6O2. The molecule has 2 bridgehead atoms. The summed E-state index contributed by atoms with van der Waals surface area (Å²) in [6.07, 6.45) is 1.97. The zero-order valence-electron chi connectivity index (χ0n) is 22.0. The first-order chi connectivity index (χ1) is 17.4. The molecule has 0 saturated carbocycles. The molecule has 8 nitrogen and oxygen atoms in total. The number of aromatic nitrogens is 4. The lowest BCUT2D eigenvalue weighted by atomic mass is 10.1. The van der Waals surface area contributed by atoms with Crippen LogP contribution >= 0.6 is 0 Å². The SMILES string of the molecule is COCCN1C[C@H]2C[C@@H]1CN2Cc1ccc(Cn2c(CC(C)C)nc3c(C)nc(OC)nc32)c(F)c1. The maximum atomic E-state index is 15.4. The summed E-state index contributed by atoms with van der Waals surface area (Å²) < 4.78 is 27.9. The van der Waals surface area contributed by atoms with Gasteiger partial charge < -0.3 is 14.0 Å². The molecule has 5 rings (SSSR count). The van der Waals surface area contributed by atoms with Gasteiger partial charge in [-0.15, -0.1) is 0 Å². The smallest absolute Gasteiger partial charge is 0.318 e. The van der Waals surface area contributed by atoms with Gasteiger partial charge in [0.15, 0.2) is 5.65 Å². The molecule has 2 saturated heterocycles. The molecule has 2 aliphatic rings. The lowest BCUT2D eigenvalue weighted by Gasteiger charge is -2.34. The highest BCUT2D eigenvalue weighted by Gasteiger charge is 2.42.